The summed E-state index contributed by atoms with van der Waals surface area (Å²) in [4.78, 5) is 11.0. The minimum absolute atomic E-state index is 0.0402. The van der Waals surface area contributed by atoms with Crippen LogP contribution in [0.15, 0.2) is 34.9 Å². The van der Waals surface area contributed by atoms with Crippen LogP contribution in [0.5, 0.6) is 5.75 Å². The maximum atomic E-state index is 11.0. The van der Waals surface area contributed by atoms with Crippen molar-refractivity contribution in [1.82, 2.24) is 10.5 Å². The molecule has 0 radical (unpaired) electrons. The van der Waals surface area contributed by atoms with E-state index < -0.39 is 12.1 Å². The number of rotatable bonds is 7. The monoisotopic (exact) mass is 306 g/mol. The van der Waals surface area contributed by atoms with E-state index in [4.69, 9.17) is 19.5 Å². The number of ether oxygens (including phenoxy) is 1. The van der Waals surface area contributed by atoms with Gasteiger partial charge in [0.15, 0.2) is 5.76 Å². The van der Waals surface area contributed by atoms with Crippen LogP contribution >= 0.6 is 0 Å². The smallest absolute Gasteiger partial charge is 0.405 e. The van der Waals surface area contributed by atoms with Gasteiger partial charge in [-0.3, -0.25) is 0 Å². The highest BCUT2D eigenvalue weighted by Gasteiger charge is 2.20. The first-order valence-corrected chi connectivity index (χ1v) is 6.81. The van der Waals surface area contributed by atoms with Gasteiger partial charge >= 0.3 is 6.09 Å². The second kappa shape index (κ2) is 7.46. The van der Waals surface area contributed by atoms with E-state index in [2.05, 4.69) is 10.5 Å². The van der Waals surface area contributed by atoms with E-state index in [9.17, 15) is 4.79 Å². The Bertz CT molecular complexity index is 609. The van der Waals surface area contributed by atoms with Crippen molar-refractivity contribution in [2.24, 2.45) is 0 Å². The molecule has 1 aromatic heterocycles. The Hall–Kier alpha value is -2.54. The van der Waals surface area contributed by atoms with Crippen molar-refractivity contribution in [3.63, 3.8) is 0 Å². The Morgan fingerprint density at radius 2 is 2.14 bits per heavy atom. The van der Waals surface area contributed by atoms with Gasteiger partial charge in [0.25, 0.3) is 0 Å². The molecule has 0 saturated carbocycles. The third-order valence-electron chi connectivity index (χ3n) is 3.19. The second-order valence-corrected chi connectivity index (χ2v) is 4.75. The van der Waals surface area contributed by atoms with Crippen LogP contribution < -0.4 is 10.1 Å². The molecular weight excluding hydrogens is 288 g/mol. The lowest BCUT2D eigenvalue weighted by Crippen LogP contribution is -2.28. The Balaban J connectivity index is 2.15. The van der Waals surface area contributed by atoms with Crippen LogP contribution in [-0.4, -0.2) is 35.2 Å². The van der Waals surface area contributed by atoms with Crippen molar-refractivity contribution in [2.75, 3.05) is 13.7 Å². The van der Waals surface area contributed by atoms with Crippen molar-refractivity contribution in [3.8, 4) is 5.75 Å². The number of nitrogens with one attached hydrogen (secondary N) is 1. The van der Waals surface area contributed by atoms with Crippen molar-refractivity contribution in [3.05, 3.63) is 47.3 Å². The van der Waals surface area contributed by atoms with Gasteiger partial charge in [0.2, 0.25) is 0 Å². The number of aliphatic hydroxyl groups is 1. The van der Waals surface area contributed by atoms with Crippen molar-refractivity contribution < 1.29 is 24.3 Å². The lowest BCUT2D eigenvalue weighted by molar-refractivity contribution is 0.186. The van der Waals surface area contributed by atoms with Gasteiger partial charge in [0.1, 0.15) is 5.75 Å². The van der Waals surface area contributed by atoms with Gasteiger partial charge in [-0.15, -0.1) is 0 Å². The normalized spacial score (nSPS) is 11.9. The number of methoxy groups -OCH3 is 1. The largest absolute Gasteiger partial charge is 0.497 e. The molecule has 1 heterocycles. The third-order valence-corrected chi connectivity index (χ3v) is 3.19. The first-order chi connectivity index (χ1) is 10.6. The maximum Gasteiger partial charge on any atom is 0.405 e. The van der Waals surface area contributed by atoms with E-state index in [1.165, 1.54) is 0 Å². The lowest BCUT2D eigenvalue weighted by atomic mass is 10.0. The first-order valence-electron chi connectivity index (χ1n) is 6.81. The minimum atomic E-state index is -1.14. The molecule has 0 fully saturated rings. The van der Waals surface area contributed by atoms with E-state index >= 15 is 0 Å². The Morgan fingerprint density at radius 1 is 1.41 bits per heavy atom. The van der Waals surface area contributed by atoms with Crippen LogP contribution in [0.2, 0.25) is 0 Å². The second-order valence-electron chi connectivity index (χ2n) is 4.75. The van der Waals surface area contributed by atoms with E-state index in [1.807, 2.05) is 24.3 Å². The van der Waals surface area contributed by atoms with E-state index in [-0.39, 0.29) is 6.61 Å². The molecule has 22 heavy (non-hydrogen) atoms. The highest BCUT2D eigenvalue weighted by atomic mass is 16.5. The van der Waals surface area contributed by atoms with Crippen LogP contribution in [0.4, 0.5) is 4.79 Å². The highest BCUT2D eigenvalue weighted by molar-refractivity contribution is 5.65. The van der Waals surface area contributed by atoms with Gasteiger partial charge in [-0.1, -0.05) is 17.3 Å². The van der Waals surface area contributed by atoms with Crippen molar-refractivity contribution >= 4 is 6.09 Å². The third kappa shape index (κ3) is 4.23. The zero-order valence-electron chi connectivity index (χ0n) is 12.2. The first kappa shape index (κ1) is 15.8. The summed E-state index contributed by atoms with van der Waals surface area (Å²) in [5.41, 5.74) is 1.52. The number of aromatic nitrogens is 1. The summed E-state index contributed by atoms with van der Waals surface area (Å²) < 4.78 is 10.3. The molecule has 118 valence electrons. The molecule has 0 spiro atoms. The van der Waals surface area contributed by atoms with Crippen molar-refractivity contribution in [2.45, 2.75) is 18.9 Å². The highest BCUT2D eigenvalue weighted by Crippen LogP contribution is 2.21. The van der Waals surface area contributed by atoms with Crippen LogP contribution in [-0.2, 0) is 12.8 Å². The Morgan fingerprint density at radius 3 is 2.73 bits per heavy atom. The number of hydrogen-bond donors (Lipinski definition) is 3. The molecular formula is C15H18N2O5. The summed E-state index contributed by atoms with van der Waals surface area (Å²) in [6.45, 7) is -0.0402. The van der Waals surface area contributed by atoms with Crippen LogP contribution in [0, 0.1) is 0 Å². The predicted molar refractivity (Wildman–Crippen MR) is 77.9 cm³/mol. The molecule has 1 amide bonds. The number of carboxylic acid groups (broad SMARTS) is 1. The molecule has 2 aromatic rings. The molecule has 2 rings (SSSR count). The summed E-state index contributed by atoms with van der Waals surface area (Å²) >= 11 is 0. The summed E-state index contributed by atoms with van der Waals surface area (Å²) in [5.74, 6) is 1.15. The Labute approximate surface area is 127 Å². The number of aliphatic hydroxyl groups excluding tert-OH is 1. The van der Waals surface area contributed by atoms with Gasteiger partial charge in [0.05, 0.1) is 18.8 Å². The molecule has 1 unspecified atom stereocenters. The molecule has 0 aliphatic carbocycles. The number of nitrogens with zero attached hydrogens (tertiary/aromatic N) is 1. The fourth-order valence-corrected chi connectivity index (χ4v) is 2.09. The lowest BCUT2D eigenvalue weighted by Gasteiger charge is -2.14. The quantitative estimate of drug-likeness (QED) is 0.720. The van der Waals surface area contributed by atoms with E-state index in [0.29, 0.717) is 24.3 Å². The molecule has 7 heteroatoms. The average Bonchev–Trinajstić information content (AvgIpc) is 2.96. The molecule has 3 N–H and O–H groups in total. The molecule has 0 saturated heterocycles. The zero-order chi connectivity index (χ0) is 15.9. The van der Waals surface area contributed by atoms with Gasteiger partial charge in [0, 0.05) is 25.5 Å². The van der Waals surface area contributed by atoms with Crippen molar-refractivity contribution in [1.29, 1.82) is 0 Å². The fraction of sp³-hybridized carbons (Fsp3) is 0.333. The zero-order valence-corrected chi connectivity index (χ0v) is 12.2. The van der Waals surface area contributed by atoms with Gasteiger partial charge in [-0.2, -0.15) is 0 Å². The number of hydrogen-bond acceptors (Lipinski definition) is 5. The van der Waals surface area contributed by atoms with Gasteiger partial charge in [-0.25, -0.2) is 4.79 Å². The van der Waals surface area contributed by atoms with Gasteiger partial charge < -0.3 is 24.8 Å². The summed E-state index contributed by atoms with van der Waals surface area (Å²) in [6, 6.07) is 8.45. The number of benzene rings is 1. The topological polar surface area (TPSA) is 105 Å². The molecule has 0 bridgehead atoms. The van der Waals surface area contributed by atoms with E-state index in [0.717, 1.165) is 11.3 Å². The fourth-order valence-electron chi connectivity index (χ4n) is 2.09. The van der Waals surface area contributed by atoms with Crippen LogP contribution in [0.25, 0.3) is 0 Å². The number of amides is 1. The van der Waals surface area contributed by atoms with E-state index in [1.54, 1.807) is 13.2 Å². The summed E-state index contributed by atoms with van der Waals surface area (Å²) in [6.07, 6.45) is -0.353. The molecule has 0 aliphatic heterocycles. The summed E-state index contributed by atoms with van der Waals surface area (Å²) in [5, 5.41) is 24.1. The molecule has 1 atom stereocenters. The average molecular weight is 306 g/mol. The number of carbonyl (C=O) groups is 1. The predicted octanol–water partition coefficient (Wildman–Crippen LogP) is 1.77. The Kier molecular flexibility index (Phi) is 5.37. The molecule has 1 aromatic carbocycles. The van der Waals surface area contributed by atoms with Crippen LogP contribution in [0.3, 0.4) is 0 Å². The van der Waals surface area contributed by atoms with Crippen LogP contribution in [0.1, 0.15) is 23.1 Å². The standard InChI is InChI=1S/C15H18N2O5/c1-21-12-4-2-10(3-5-12)8-13(16-15(19)20)14-9-11(6-7-18)17-22-14/h2-5,9,13,16,18H,6-8H2,1H3,(H,19,20). The maximum absolute atomic E-state index is 11.0. The minimum Gasteiger partial charge on any atom is -0.497 e. The molecule has 0 aliphatic rings. The van der Waals surface area contributed by atoms with Gasteiger partial charge in [-0.05, 0) is 17.7 Å². The summed E-state index contributed by atoms with van der Waals surface area (Å²) in [7, 11) is 1.58. The molecule has 7 nitrogen and oxygen atoms in total. The SMILES string of the molecule is COc1ccc(CC(NC(=O)O)c2cc(CCO)no2)cc1.